The van der Waals surface area contributed by atoms with E-state index in [-0.39, 0.29) is 5.41 Å². The van der Waals surface area contributed by atoms with Gasteiger partial charge < -0.3 is 4.57 Å². The van der Waals surface area contributed by atoms with Crippen molar-refractivity contribution in [3.8, 4) is 45.1 Å². The molecule has 0 amide bonds. The van der Waals surface area contributed by atoms with Crippen molar-refractivity contribution in [2.45, 2.75) is 19.3 Å². The Morgan fingerprint density at radius 2 is 1.02 bits per heavy atom. The zero-order valence-electron chi connectivity index (χ0n) is 33.8. The Morgan fingerprint density at radius 1 is 0.393 bits per heavy atom. The molecule has 0 unspecified atom stereocenters. The smallest absolute Gasteiger partial charge is 0.235 e. The molecule has 0 radical (unpaired) electrons. The van der Waals surface area contributed by atoms with Crippen LogP contribution in [0.2, 0.25) is 0 Å². The van der Waals surface area contributed by atoms with Crippen LogP contribution in [0.25, 0.3) is 110 Å². The molecule has 0 saturated carbocycles. The maximum Gasteiger partial charge on any atom is 0.235 e. The summed E-state index contributed by atoms with van der Waals surface area (Å²) in [6.45, 7) is 4.67. The number of para-hydroxylation sites is 3. The van der Waals surface area contributed by atoms with Gasteiger partial charge in [0.1, 0.15) is 0 Å². The van der Waals surface area contributed by atoms with Crippen molar-refractivity contribution in [1.29, 1.82) is 0 Å². The SMILES string of the molecule is CC1(C)c2ccccc2-c2ccc(-c3nc(-n4c5ccc(-c6ccc7c(c6)c6ccccc6n7-c6ccccc6)cc5c5c6ccccc6ccc54)nc4ccccc34)cc21. The summed E-state index contributed by atoms with van der Waals surface area (Å²) in [6, 6.07) is 70.6. The van der Waals surface area contributed by atoms with Crippen molar-refractivity contribution >= 4 is 65.3 Å². The Hall–Kier alpha value is -7.82. The lowest BCUT2D eigenvalue weighted by Gasteiger charge is -2.22. The van der Waals surface area contributed by atoms with Gasteiger partial charge in [-0.2, -0.15) is 0 Å². The molecular formula is C57H38N4. The van der Waals surface area contributed by atoms with Crippen LogP contribution in [0, 0.1) is 0 Å². The summed E-state index contributed by atoms with van der Waals surface area (Å²) >= 11 is 0. The van der Waals surface area contributed by atoms with Gasteiger partial charge in [-0.3, -0.25) is 4.57 Å². The van der Waals surface area contributed by atoms with E-state index in [1.807, 2.05) is 0 Å². The normalized spacial score (nSPS) is 13.2. The highest BCUT2D eigenvalue weighted by atomic mass is 15.2. The summed E-state index contributed by atoms with van der Waals surface area (Å²) in [5.41, 5.74) is 16.2. The fourth-order valence-corrected chi connectivity index (χ4v) is 10.4. The van der Waals surface area contributed by atoms with E-state index in [0.29, 0.717) is 5.95 Å². The number of benzene rings is 9. The second kappa shape index (κ2) is 12.6. The molecule has 286 valence electrons. The van der Waals surface area contributed by atoms with E-state index in [2.05, 4.69) is 217 Å². The molecule has 61 heavy (non-hydrogen) atoms. The third kappa shape index (κ3) is 4.87. The second-order valence-electron chi connectivity index (χ2n) is 17.0. The summed E-state index contributed by atoms with van der Waals surface area (Å²) in [4.78, 5) is 10.9. The molecule has 9 aromatic carbocycles. The van der Waals surface area contributed by atoms with Crippen molar-refractivity contribution in [1.82, 2.24) is 19.1 Å². The Labute approximate surface area is 352 Å². The zero-order chi connectivity index (χ0) is 40.4. The summed E-state index contributed by atoms with van der Waals surface area (Å²) in [5, 5.41) is 8.31. The lowest BCUT2D eigenvalue weighted by molar-refractivity contribution is 0.660. The summed E-state index contributed by atoms with van der Waals surface area (Å²) in [5.74, 6) is 0.662. The average molecular weight is 779 g/mol. The minimum Gasteiger partial charge on any atom is -0.309 e. The third-order valence-electron chi connectivity index (χ3n) is 13.3. The quantitative estimate of drug-likeness (QED) is 0.178. The molecule has 3 aromatic heterocycles. The Bertz CT molecular complexity index is 3790. The molecule has 12 aromatic rings. The molecule has 0 fully saturated rings. The van der Waals surface area contributed by atoms with Gasteiger partial charge in [-0.15, -0.1) is 0 Å². The molecule has 0 spiro atoms. The number of hydrogen-bond donors (Lipinski definition) is 0. The van der Waals surface area contributed by atoms with Crippen LogP contribution in [0.1, 0.15) is 25.0 Å². The van der Waals surface area contributed by atoms with Gasteiger partial charge in [-0.25, -0.2) is 9.97 Å². The highest BCUT2D eigenvalue weighted by Crippen LogP contribution is 2.50. The van der Waals surface area contributed by atoms with Gasteiger partial charge in [-0.05, 0) is 105 Å². The third-order valence-corrected chi connectivity index (χ3v) is 13.3. The molecule has 0 bridgehead atoms. The molecule has 4 heteroatoms. The Morgan fingerprint density at radius 3 is 1.87 bits per heavy atom. The molecule has 13 rings (SSSR count). The van der Waals surface area contributed by atoms with E-state index in [1.54, 1.807) is 0 Å². The van der Waals surface area contributed by atoms with E-state index in [9.17, 15) is 0 Å². The number of hydrogen-bond acceptors (Lipinski definition) is 2. The largest absolute Gasteiger partial charge is 0.309 e. The van der Waals surface area contributed by atoms with E-state index in [1.165, 1.54) is 76.7 Å². The highest BCUT2D eigenvalue weighted by Gasteiger charge is 2.35. The summed E-state index contributed by atoms with van der Waals surface area (Å²) in [7, 11) is 0. The van der Waals surface area contributed by atoms with Gasteiger partial charge >= 0.3 is 0 Å². The lowest BCUT2D eigenvalue weighted by atomic mass is 9.82. The van der Waals surface area contributed by atoms with Crippen LogP contribution in [0.15, 0.2) is 194 Å². The molecule has 0 aliphatic heterocycles. The molecule has 0 N–H and O–H groups in total. The van der Waals surface area contributed by atoms with Gasteiger partial charge in [-0.1, -0.05) is 147 Å². The summed E-state index contributed by atoms with van der Waals surface area (Å²) in [6.07, 6.45) is 0. The van der Waals surface area contributed by atoms with Crippen LogP contribution >= 0.6 is 0 Å². The van der Waals surface area contributed by atoms with Crippen molar-refractivity contribution in [2.24, 2.45) is 0 Å². The standard InChI is InChI=1S/C57H38N4/c1-57(2)47-21-11-8-18-41(47)42-28-24-38(34-48(42)57)55-44-20-9-12-22-49(44)58-56(59-55)61-52-30-27-37(33-46(52)54-40-17-7-6-14-35(40)25-31-53(54)61)36-26-29-51-45(32-36)43-19-10-13-23-50(43)60(51)39-15-4-3-5-16-39/h3-34H,1-2H3. The lowest BCUT2D eigenvalue weighted by Crippen LogP contribution is -2.15. The molecule has 4 nitrogen and oxygen atoms in total. The predicted octanol–water partition coefficient (Wildman–Crippen LogP) is 14.6. The molecule has 3 heterocycles. The summed E-state index contributed by atoms with van der Waals surface area (Å²) < 4.78 is 4.65. The zero-order valence-corrected chi connectivity index (χ0v) is 33.8. The van der Waals surface area contributed by atoms with Crippen LogP contribution < -0.4 is 0 Å². The predicted molar refractivity (Wildman–Crippen MR) is 254 cm³/mol. The number of aromatic nitrogens is 4. The number of nitrogens with zero attached hydrogens (tertiary/aromatic N) is 4. The molecule has 1 aliphatic rings. The maximum absolute atomic E-state index is 5.54. The minimum atomic E-state index is -0.122. The molecule has 0 saturated heterocycles. The first-order chi connectivity index (χ1) is 30.0. The first kappa shape index (κ1) is 34.1. The van der Waals surface area contributed by atoms with Crippen molar-refractivity contribution in [3.63, 3.8) is 0 Å². The fraction of sp³-hybridized carbons (Fsp3) is 0.0526. The molecule has 1 aliphatic carbocycles. The van der Waals surface area contributed by atoms with Gasteiger partial charge in [0.15, 0.2) is 0 Å². The van der Waals surface area contributed by atoms with Crippen LogP contribution in [0.5, 0.6) is 0 Å². The molecular weight excluding hydrogens is 741 g/mol. The topological polar surface area (TPSA) is 35.6 Å². The van der Waals surface area contributed by atoms with Gasteiger partial charge in [0, 0.05) is 43.6 Å². The van der Waals surface area contributed by atoms with Crippen molar-refractivity contribution < 1.29 is 0 Å². The van der Waals surface area contributed by atoms with Gasteiger partial charge in [0.05, 0.1) is 33.3 Å². The Kier molecular flexibility index (Phi) is 7.04. The van der Waals surface area contributed by atoms with Gasteiger partial charge in [0.2, 0.25) is 5.95 Å². The first-order valence-electron chi connectivity index (χ1n) is 21.1. The monoisotopic (exact) mass is 778 g/mol. The van der Waals surface area contributed by atoms with Gasteiger partial charge in [0.25, 0.3) is 0 Å². The van der Waals surface area contributed by atoms with E-state index >= 15 is 0 Å². The van der Waals surface area contributed by atoms with E-state index in [0.717, 1.165) is 38.9 Å². The van der Waals surface area contributed by atoms with E-state index < -0.39 is 0 Å². The molecule has 0 atom stereocenters. The first-order valence-corrected chi connectivity index (χ1v) is 21.1. The fourth-order valence-electron chi connectivity index (χ4n) is 10.4. The van der Waals surface area contributed by atoms with Crippen LogP contribution in [0.3, 0.4) is 0 Å². The van der Waals surface area contributed by atoms with Crippen LogP contribution in [0.4, 0.5) is 0 Å². The number of rotatable bonds is 4. The number of fused-ring (bicyclic) bond motifs is 12. The van der Waals surface area contributed by atoms with Crippen molar-refractivity contribution in [2.75, 3.05) is 0 Å². The maximum atomic E-state index is 5.54. The Balaban J connectivity index is 1.03. The van der Waals surface area contributed by atoms with Crippen LogP contribution in [-0.2, 0) is 5.41 Å². The van der Waals surface area contributed by atoms with Crippen LogP contribution in [-0.4, -0.2) is 19.1 Å². The second-order valence-corrected chi connectivity index (χ2v) is 17.0. The van der Waals surface area contributed by atoms with E-state index in [4.69, 9.17) is 9.97 Å². The van der Waals surface area contributed by atoms with Crippen molar-refractivity contribution in [3.05, 3.63) is 205 Å². The minimum absolute atomic E-state index is 0.122. The average Bonchev–Trinajstić information content (AvgIpc) is 3.91. The highest BCUT2D eigenvalue weighted by molar-refractivity contribution is 6.22.